The summed E-state index contributed by atoms with van der Waals surface area (Å²) in [6.07, 6.45) is 2.49. The van der Waals surface area contributed by atoms with E-state index in [9.17, 15) is 4.79 Å². The molecule has 0 unspecified atom stereocenters. The lowest BCUT2D eigenvalue weighted by Gasteiger charge is -2.08. The normalized spacial score (nSPS) is 12.1. The highest BCUT2D eigenvalue weighted by Crippen LogP contribution is 2.11. The lowest BCUT2D eigenvalue weighted by molar-refractivity contribution is -0.119. The second-order valence-corrected chi connectivity index (χ2v) is 3.64. The zero-order valence-electron chi connectivity index (χ0n) is 8.79. The van der Waals surface area contributed by atoms with Gasteiger partial charge in [-0.15, -0.1) is 6.58 Å². The van der Waals surface area contributed by atoms with E-state index < -0.39 is 0 Å². The summed E-state index contributed by atoms with van der Waals surface area (Å²) < 4.78 is 0. The van der Waals surface area contributed by atoms with E-state index in [1.54, 1.807) is 13.0 Å². The van der Waals surface area contributed by atoms with Gasteiger partial charge in [0, 0.05) is 5.92 Å². The number of hydrogen-bond acceptors (Lipinski definition) is 1. The van der Waals surface area contributed by atoms with Crippen LogP contribution in [-0.4, -0.2) is 5.78 Å². The van der Waals surface area contributed by atoms with E-state index in [2.05, 4.69) is 37.8 Å². The molecule has 0 aromatic heterocycles. The number of ketones is 1. The van der Waals surface area contributed by atoms with Crippen LogP contribution in [0.2, 0.25) is 0 Å². The Morgan fingerprint density at radius 1 is 1.43 bits per heavy atom. The predicted octanol–water partition coefficient (Wildman–Crippen LogP) is 2.93. The van der Waals surface area contributed by atoms with Gasteiger partial charge >= 0.3 is 0 Å². The third-order valence-electron chi connectivity index (χ3n) is 2.38. The molecule has 0 amide bonds. The van der Waals surface area contributed by atoms with Crippen molar-refractivity contribution in [3.63, 3.8) is 0 Å². The maximum atomic E-state index is 11.2. The van der Waals surface area contributed by atoms with Crippen LogP contribution < -0.4 is 0 Å². The zero-order chi connectivity index (χ0) is 10.6. The van der Waals surface area contributed by atoms with Gasteiger partial charge in [-0.3, -0.25) is 4.79 Å². The fourth-order valence-corrected chi connectivity index (χ4v) is 1.37. The highest BCUT2D eigenvalue weighted by molar-refractivity contribution is 5.80. The molecule has 1 nitrogen and oxygen atoms in total. The molecule has 74 valence electrons. The van der Waals surface area contributed by atoms with Crippen molar-refractivity contribution in [3.8, 4) is 0 Å². The first-order chi connectivity index (χ1) is 6.63. The Morgan fingerprint density at radius 3 is 2.43 bits per heavy atom. The molecule has 0 radical (unpaired) electrons. The molecule has 0 saturated carbocycles. The quantitative estimate of drug-likeness (QED) is 0.664. The summed E-state index contributed by atoms with van der Waals surface area (Å²) in [4.78, 5) is 11.2. The first-order valence-electron chi connectivity index (χ1n) is 4.82. The van der Waals surface area contributed by atoms with Crippen molar-refractivity contribution in [2.24, 2.45) is 5.92 Å². The Kier molecular flexibility index (Phi) is 3.63. The molecule has 0 spiro atoms. The second-order valence-electron chi connectivity index (χ2n) is 3.64. The number of aryl methyl sites for hydroxylation is 1. The van der Waals surface area contributed by atoms with Crippen LogP contribution in [-0.2, 0) is 11.2 Å². The number of rotatable bonds is 4. The van der Waals surface area contributed by atoms with Gasteiger partial charge in [-0.25, -0.2) is 0 Å². The van der Waals surface area contributed by atoms with Gasteiger partial charge in [-0.1, -0.05) is 35.9 Å². The smallest absolute Gasteiger partial charge is 0.136 e. The molecule has 0 fully saturated rings. The van der Waals surface area contributed by atoms with E-state index in [0.29, 0.717) is 0 Å². The summed E-state index contributed by atoms with van der Waals surface area (Å²) in [6, 6.07) is 8.26. The zero-order valence-corrected chi connectivity index (χ0v) is 8.79. The van der Waals surface area contributed by atoms with E-state index in [4.69, 9.17) is 0 Å². The summed E-state index contributed by atoms with van der Waals surface area (Å²) in [5.74, 6) is 0.137. The third kappa shape index (κ3) is 2.84. The fraction of sp³-hybridized carbons (Fsp3) is 0.308. The molecule has 1 aromatic carbocycles. The van der Waals surface area contributed by atoms with E-state index in [-0.39, 0.29) is 11.7 Å². The average molecular weight is 188 g/mol. The third-order valence-corrected chi connectivity index (χ3v) is 2.38. The summed E-state index contributed by atoms with van der Waals surface area (Å²) in [6.45, 7) is 7.34. The summed E-state index contributed by atoms with van der Waals surface area (Å²) in [5.41, 5.74) is 2.43. The molecule has 1 aromatic rings. The molecule has 0 bridgehead atoms. The number of carbonyl (C=O) groups is 1. The Balaban J connectivity index is 2.72. The minimum absolute atomic E-state index is 0.0438. The SMILES string of the molecule is C=C[C@@H](Cc1ccc(C)cc1)C(C)=O. The molecule has 1 atom stereocenters. The Bertz CT molecular complexity index is 322. The molecule has 0 aliphatic heterocycles. The van der Waals surface area contributed by atoms with Crippen molar-refractivity contribution >= 4 is 5.78 Å². The van der Waals surface area contributed by atoms with E-state index in [1.807, 2.05) is 0 Å². The summed E-state index contributed by atoms with van der Waals surface area (Å²) in [7, 11) is 0. The van der Waals surface area contributed by atoms with Crippen molar-refractivity contribution in [2.45, 2.75) is 20.3 Å². The van der Waals surface area contributed by atoms with E-state index in [0.717, 1.165) is 6.42 Å². The van der Waals surface area contributed by atoms with Gasteiger partial charge < -0.3 is 0 Å². The Hall–Kier alpha value is -1.37. The lowest BCUT2D eigenvalue weighted by atomic mass is 9.96. The molecule has 0 aliphatic carbocycles. The van der Waals surface area contributed by atoms with E-state index in [1.165, 1.54) is 11.1 Å². The molecule has 1 rings (SSSR count). The molecule has 0 heterocycles. The fourth-order valence-electron chi connectivity index (χ4n) is 1.37. The Labute approximate surface area is 85.5 Å². The molecule has 0 saturated heterocycles. The van der Waals surface area contributed by atoms with Crippen LogP contribution in [0.4, 0.5) is 0 Å². The van der Waals surface area contributed by atoms with Crippen LogP contribution in [0.1, 0.15) is 18.1 Å². The first-order valence-corrected chi connectivity index (χ1v) is 4.82. The van der Waals surface area contributed by atoms with Gasteiger partial charge in [0.1, 0.15) is 5.78 Å². The van der Waals surface area contributed by atoms with Gasteiger partial charge in [0.15, 0.2) is 0 Å². The van der Waals surface area contributed by atoms with Crippen LogP contribution in [0.5, 0.6) is 0 Å². The number of allylic oxidation sites excluding steroid dienone is 1. The molecule has 0 N–H and O–H groups in total. The lowest BCUT2D eigenvalue weighted by Crippen LogP contribution is -2.10. The number of benzene rings is 1. The average Bonchev–Trinajstić information content (AvgIpc) is 2.16. The van der Waals surface area contributed by atoms with Gasteiger partial charge in [0.05, 0.1) is 0 Å². The topological polar surface area (TPSA) is 17.1 Å². The molecule has 0 aliphatic rings. The van der Waals surface area contributed by atoms with Crippen LogP contribution in [0.25, 0.3) is 0 Å². The summed E-state index contributed by atoms with van der Waals surface area (Å²) in [5, 5.41) is 0. The largest absolute Gasteiger partial charge is 0.299 e. The first kappa shape index (κ1) is 10.7. The van der Waals surface area contributed by atoms with Crippen LogP contribution in [0.15, 0.2) is 36.9 Å². The van der Waals surface area contributed by atoms with Gasteiger partial charge in [-0.2, -0.15) is 0 Å². The number of carbonyl (C=O) groups excluding carboxylic acids is 1. The maximum absolute atomic E-state index is 11.2. The standard InChI is InChI=1S/C13H16O/c1-4-13(11(3)14)9-12-7-5-10(2)6-8-12/h4-8,13H,1,9H2,2-3H3/t13-/m0/s1. The van der Waals surface area contributed by atoms with Crippen LogP contribution in [0.3, 0.4) is 0 Å². The van der Waals surface area contributed by atoms with Gasteiger partial charge in [0.2, 0.25) is 0 Å². The Morgan fingerprint density at radius 2 is 2.00 bits per heavy atom. The van der Waals surface area contributed by atoms with Gasteiger partial charge in [-0.05, 0) is 25.8 Å². The van der Waals surface area contributed by atoms with Crippen LogP contribution in [0, 0.1) is 12.8 Å². The number of Topliss-reactive ketones (excluding diaryl/α,β-unsaturated/α-hetero) is 1. The highest BCUT2D eigenvalue weighted by Gasteiger charge is 2.09. The molecule has 1 heteroatoms. The predicted molar refractivity (Wildman–Crippen MR) is 59.3 cm³/mol. The van der Waals surface area contributed by atoms with Crippen molar-refractivity contribution in [2.75, 3.05) is 0 Å². The van der Waals surface area contributed by atoms with Crippen molar-refractivity contribution in [1.82, 2.24) is 0 Å². The van der Waals surface area contributed by atoms with E-state index >= 15 is 0 Å². The minimum Gasteiger partial charge on any atom is -0.299 e. The number of hydrogen-bond donors (Lipinski definition) is 0. The molecule has 14 heavy (non-hydrogen) atoms. The van der Waals surface area contributed by atoms with Crippen molar-refractivity contribution in [3.05, 3.63) is 48.0 Å². The van der Waals surface area contributed by atoms with Crippen molar-refractivity contribution < 1.29 is 4.79 Å². The van der Waals surface area contributed by atoms with Crippen molar-refractivity contribution in [1.29, 1.82) is 0 Å². The van der Waals surface area contributed by atoms with Gasteiger partial charge in [0.25, 0.3) is 0 Å². The summed E-state index contributed by atoms with van der Waals surface area (Å²) >= 11 is 0. The minimum atomic E-state index is -0.0438. The molecular weight excluding hydrogens is 172 g/mol. The second kappa shape index (κ2) is 4.75. The molecular formula is C13H16O. The maximum Gasteiger partial charge on any atom is 0.136 e. The van der Waals surface area contributed by atoms with Crippen LogP contribution >= 0.6 is 0 Å². The highest BCUT2D eigenvalue weighted by atomic mass is 16.1. The monoisotopic (exact) mass is 188 g/mol.